The van der Waals surface area contributed by atoms with Crippen LogP contribution in [0.4, 0.5) is 0 Å². The third kappa shape index (κ3) is 2.58. The smallest absolute Gasteiger partial charge is 0.202 e. The largest absolute Gasteiger partial charge is 0.370 e. The van der Waals surface area contributed by atoms with Gasteiger partial charge >= 0.3 is 0 Å². The number of hydrogen-bond donors (Lipinski definition) is 2. The monoisotopic (exact) mass is 197 g/mol. The van der Waals surface area contributed by atoms with Crippen LogP contribution >= 0.6 is 12.4 Å². The molecule has 1 rings (SSSR count). The number of rotatable bonds is 0. The molecule has 5 nitrogen and oxygen atoms in total. The number of aliphatic imine (C=N–C) groups is 2. The van der Waals surface area contributed by atoms with Crippen LogP contribution in [0.15, 0.2) is 9.98 Å². The summed E-state index contributed by atoms with van der Waals surface area (Å²) in [6, 6.07) is 0. The molecule has 1 atom stereocenters. The topological polar surface area (TPSA) is 66.0 Å². The van der Waals surface area contributed by atoms with Crippen molar-refractivity contribution >= 4 is 24.3 Å². The molecule has 1 aliphatic heterocycles. The summed E-state index contributed by atoms with van der Waals surface area (Å²) in [5.74, 6) is -0.397. The Balaban J connectivity index is 0.00000289. The van der Waals surface area contributed by atoms with E-state index in [2.05, 4.69) is 15.3 Å². The van der Waals surface area contributed by atoms with Gasteiger partial charge in [0, 0.05) is 22.2 Å². The van der Waals surface area contributed by atoms with Gasteiger partial charge in [-0.2, -0.15) is 0 Å². The first-order valence-electron chi connectivity index (χ1n) is 6.00. The van der Waals surface area contributed by atoms with Gasteiger partial charge in [-0.3, -0.25) is 5.32 Å². The molecule has 3 N–H and O–H groups in total. The highest BCUT2D eigenvalue weighted by atomic mass is 35.5. The lowest BCUT2D eigenvalue weighted by molar-refractivity contribution is 0.581. The van der Waals surface area contributed by atoms with E-state index in [-0.39, 0.29) is 29.2 Å². The van der Waals surface area contributed by atoms with Crippen molar-refractivity contribution in [2.45, 2.75) is 13.1 Å². The van der Waals surface area contributed by atoms with Crippen molar-refractivity contribution in [2.24, 2.45) is 15.7 Å². The van der Waals surface area contributed by atoms with Crippen LogP contribution in [0.1, 0.15) is 15.1 Å². The van der Waals surface area contributed by atoms with Gasteiger partial charge in [-0.1, -0.05) is 0 Å². The second-order valence-corrected chi connectivity index (χ2v) is 2.06. The van der Waals surface area contributed by atoms with Crippen molar-refractivity contribution in [3.05, 3.63) is 0 Å². The molecule has 0 radical (unpaired) electrons. The summed E-state index contributed by atoms with van der Waals surface area (Å²) in [6.45, 7) is -4.15. The summed E-state index contributed by atoms with van der Waals surface area (Å²) in [4.78, 5) is 7.83. The molecule has 0 aromatic heterocycles. The van der Waals surface area contributed by atoms with Crippen molar-refractivity contribution in [3.8, 4) is 0 Å². The summed E-state index contributed by atoms with van der Waals surface area (Å²) >= 11 is 0. The standard InChI is InChI=1S/C6H13N5.ClH/c1-4-8-5(7)10-6(9-4)11(2)3;/h4H,1-3H3,(H3,7,8,9,10);1H/i2D3,3D3;. The SMILES string of the molecule is Cl.[2H]C([2H])([2H])N(C1=NC(C)N=C(N)N1)C([2H])([2H])[2H]. The summed E-state index contributed by atoms with van der Waals surface area (Å²) in [5.41, 5.74) is 5.40. The van der Waals surface area contributed by atoms with Crippen LogP contribution < -0.4 is 11.1 Å². The fourth-order valence-electron chi connectivity index (χ4n) is 0.700. The zero-order valence-electron chi connectivity index (χ0n) is 12.4. The van der Waals surface area contributed by atoms with E-state index in [4.69, 9.17) is 14.0 Å². The first-order valence-corrected chi connectivity index (χ1v) is 3.00. The Morgan fingerprint density at radius 1 is 1.58 bits per heavy atom. The van der Waals surface area contributed by atoms with Crippen molar-refractivity contribution in [3.63, 3.8) is 0 Å². The van der Waals surface area contributed by atoms with Gasteiger partial charge in [0.1, 0.15) is 6.17 Å². The summed E-state index contributed by atoms with van der Waals surface area (Å²) in [5, 5.41) is 2.34. The zero-order chi connectivity index (χ0) is 13.4. The number of guanidine groups is 2. The van der Waals surface area contributed by atoms with Crippen LogP contribution in [0.2, 0.25) is 0 Å². The number of nitrogens with two attached hydrogens (primary N) is 1. The lowest BCUT2D eigenvalue weighted by Crippen LogP contribution is -2.47. The average molecular weight is 198 g/mol. The Morgan fingerprint density at radius 3 is 2.75 bits per heavy atom. The van der Waals surface area contributed by atoms with E-state index in [1.807, 2.05) is 0 Å². The van der Waals surface area contributed by atoms with Gasteiger partial charge in [-0.05, 0) is 6.92 Å². The van der Waals surface area contributed by atoms with E-state index in [9.17, 15) is 0 Å². The fraction of sp³-hybridized carbons (Fsp3) is 0.667. The summed E-state index contributed by atoms with van der Waals surface area (Å²) in [7, 11) is 0. The highest BCUT2D eigenvalue weighted by molar-refractivity contribution is 5.99. The van der Waals surface area contributed by atoms with Crippen LogP contribution in [-0.2, 0) is 0 Å². The quantitative estimate of drug-likeness (QED) is 0.555. The fourth-order valence-corrected chi connectivity index (χ4v) is 0.700. The molecule has 6 heteroatoms. The summed E-state index contributed by atoms with van der Waals surface area (Å²) < 4.78 is 43.3. The second-order valence-electron chi connectivity index (χ2n) is 2.06. The van der Waals surface area contributed by atoms with Crippen LogP contribution in [0, 0.1) is 0 Å². The molecule has 0 fully saturated rings. The van der Waals surface area contributed by atoms with Gasteiger partial charge < -0.3 is 10.6 Å². The first-order chi connectivity index (χ1) is 7.51. The van der Waals surface area contributed by atoms with Crippen LogP contribution in [-0.4, -0.2) is 36.9 Å². The molecular weight excluding hydrogens is 178 g/mol. The van der Waals surface area contributed by atoms with E-state index < -0.39 is 20.1 Å². The summed E-state index contributed by atoms with van der Waals surface area (Å²) in [6.07, 6.45) is -0.626. The molecule has 1 unspecified atom stereocenters. The molecule has 0 saturated carbocycles. The molecule has 12 heavy (non-hydrogen) atoms. The molecule has 1 aliphatic rings. The van der Waals surface area contributed by atoms with Crippen molar-refractivity contribution in [1.29, 1.82) is 0 Å². The number of nitrogens with zero attached hydrogens (tertiary/aromatic N) is 3. The molecular formula is C6H14ClN5. The lowest BCUT2D eigenvalue weighted by atomic mass is 10.5. The molecule has 0 spiro atoms. The Hall–Kier alpha value is -0.970. The Labute approximate surface area is 86.6 Å². The predicted octanol–water partition coefficient (Wildman–Crippen LogP) is -0.410. The third-order valence-corrected chi connectivity index (χ3v) is 1.09. The Bertz CT molecular complexity index is 346. The maximum absolute atomic E-state index is 7.21. The van der Waals surface area contributed by atoms with Gasteiger partial charge in [0.25, 0.3) is 0 Å². The molecule has 0 saturated heterocycles. The number of hydrogen-bond acceptors (Lipinski definition) is 5. The average Bonchev–Trinajstić information content (AvgIpc) is 1.93. The van der Waals surface area contributed by atoms with Crippen molar-refractivity contribution in [2.75, 3.05) is 14.0 Å². The van der Waals surface area contributed by atoms with Crippen LogP contribution in [0.3, 0.4) is 0 Å². The van der Waals surface area contributed by atoms with Gasteiger partial charge in [0.05, 0.1) is 0 Å². The van der Waals surface area contributed by atoms with Crippen LogP contribution in [0.5, 0.6) is 0 Å². The van der Waals surface area contributed by atoms with E-state index >= 15 is 0 Å². The maximum atomic E-state index is 7.21. The van der Waals surface area contributed by atoms with E-state index in [1.54, 1.807) is 6.92 Å². The highest BCUT2D eigenvalue weighted by Gasteiger charge is 2.11. The normalized spacial score (nSPS) is 30.9. The molecule has 0 aromatic carbocycles. The molecule has 1 heterocycles. The minimum atomic E-state index is -2.85. The molecule has 0 aromatic rings. The number of halogens is 1. The first kappa shape index (κ1) is 4.32. The van der Waals surface area contributed by atoms with E-state index in [1.165, 1.54) is 0 Å². The zero-order valence-corrected chi connectivity index (χ0v) is 7.22. The predicted molar refractivity (Wildman–Crippen MR) is 52.6 cm³/mol. The van der Waals surface area contributed by atoms with Crippen LogP contribution in [0.25, 0.3) is 0 Å². The second kappa shape index (κ2) is 4.15. The Morgan fingerprint density at radius 2 is 2.25 bits per heavy atom. The van der Waals surface area contributed by atoms with Crippen molar-refractivity contribution < 1.29 is 8.22 Å². The van der Waals surface area contributed by atoms with E-state index in [0.29, 0.717) is 0 Å². The van der Waals surface area contributed by atoms with E-state index in [0.717, 1.165) is 0 Å². The molecule has 0 amide bonds. The van der Waals surface area contributed by atoms with Gasteiger partial charge in [-0.25, -0.2) is 9.98 Å². The van der Waals surface area contributed by atoms with Crippen molar-refractivity contribution in [1.82, 2.24) is 10.2 Å². The maximum Gasteiger partial charge on any atom is 0.202 e. The van der Waals surface area contributed by atoms with Gasteiger partial charge in [0.15, 0.2) is 5.96 Å². The van der Waals surface area contributed by atoms with Gasteiger partial charge in [0.2, 0.25) is 5.96 Å². The Kier molecular flexibility index (Phi) is 1.50. The minimum Gasteiger partial charge on any atom is -0.370 e. The lowest BCUT2D eigenvalue weighted by Gasteiger charge is -2.21. The molecule has 70 valence electrons. The molecule has 0 bridgehead atoms. The number of nitrogens with one attached hydrogen (secondary N) is 1. The third-order valence-electron chi connectivity index (χ3n) is 1.09. The van der Waals surface area contributed by atoms with Gasteiger partial charge in [-0.15, -0.1) is 12.4 Å². The highest BCUT2D eigenvalue weighted by Crippen LogP contribution is 1.97. The minimum absolute atomic E-state index is 0. The molecule has 0 aliphatic carbocycles.